The zero-order chi connectivity index (χ0) is 8.55. The Morgan fingerprint density at radius 3 is 2.83 bits per heavy atom. The lowest BCUT2D eigenvalue weighted by molar-refractivity contribution is 1.31. The Morgan fingerprint density at radius 1 is 1.25 bits per heavy atom. The summed E-state index contributed by atoms with van der Waals surface area (Å²) < 4.78 is 0. The first-order chi connectivity index (χ1) is 5.77. The van der Waals surface area contributed by atoms with Gasteiger partial charge >= 0.3 is 0 Å². The Morgan fingerprint density at radius 2 is 2.00 bits per heavy atom. The van der Waals surface area contributed by atoms with Crippen LogP contribution in [0.25, 0.3) is 10.9 Å². The molecule has 0 fully saturated rings. The van der Waals surface area contributed by atoms with Crippen molar-refractivity contribution in [1.29, 1.82) is 0 Å². The highest BCUT2D eigenvalue weighted by Crippen LogP contribution is 2.14. The first-order valence-corrected chi connectivity index (χ1v) is 3.65. The molecule has 1 aromatic heterocycles. The summed E-state index contributed by atoms with van der Waals surface area (Å²) in [7, 11) is 0. The number of nitrogen functional groups attached to an aromatic ring is 1. The molecule has 0 radical (unpaired) electrons. The Labute approximate surface area is 68.8 Å². The van der Waals surface area contributed by atoms with E-state index >= 15 is 0 Å². The molecular weight excluding hydrogens is 152 g/mol. The van der Waals surface area contributed by atoms with Crippen molar-refractivity contribution in [3.05, 3.63) is 40.7 Å². The van der Waals surface area contributed by atoms with Crippen LogP contribution >= 0.6 is 0 Å². The lowest BCUT2D eigenvalue weighted by Gasteiger charge is -1.98. The van der Waals surface area contributed by atoms with Gasteiger partial charge in [-0.25, -0.2) is 0 Å². The second-order valence-corrected chi connectivity index (χ2v) is 2.63. The molecule has 0 spiro atoms. The lowest BCUT2D eigenvalue weighted by Crippen LogP contribution is -2.05. The van der Waals surface area contributed by atoms with E-state index in [4.69, 9.17) is 5.73 Å². The fourth-order valence-electron chi connectivity index (χ4n) is 1.23. The highest BCUT2D eigenvalue weighted by Gasteiger charge is 1.96. The summed E-state index contributed by atoms with van der Waals surface area (Å²) in [5, 5.41) is 0.886. The fourth-order valence-corrected chi connectivity index (χ4v) is 1.23. The van der Waals surface area contributed by atoms with Gasteiger partial charge in [0.2, 0.25) is 5.56 Å². The molecule has 3 nitrogen and oxygen atoms in total. The molecule has 2 aromatic rings. The smallest absolute Gasteiger partial charge is 0.250 e. The second-order valence-electron chi connectivity index (χ2n) is 2.63. The molecule has 3 heteroatoms. The molecule has 0 amide bonds. The van der Waals surface area contributed by atoms with E-state index in [-0.39, 0.29) is 5.56 Å². The van der Waals surface area contributed by atoms with Crippen molar-refractivity contribution in [2.45, 2.75) is 0 Å². The molecule has 0 saturated heterocycles. The van der Waals surface area contributed by atoms with Gasteiger partial charge in [0.15, 0.2) is 0 Å². The van der Waals surface area contributed by atoms with Gasteiger partial charge in [-0.1, -0.05) is 18.2 Å². The third-order valence-corrected chi connectivity index (χ3v) is 1.78. The van der Waals surface area contributed by atoms with Gasteiger partial charge in [-0.05, 0) is 6.07 Å². The number of benzene rings is 1. The van der Waals surface area contributed by atoms with Crippen molar-refractivity contribution < 1.29 is 0 Å². The second kappa shape index (κ2) is 2.37. The topological polar surface area (TPSA) is 58.9 Å². The third-order valence-electron chi connectivity index (χ3n) is 1.78. The highest BCUT2D eigenvalue weighted by molar-refractivity contribution is 5.89. The van der Waals surface area contributed by atoms with Gasteiger partial charge in [0.1, 0.15) is 0 Å². The van der Waals surface area contributed by atoms with Gasteiger partial charge in [-0.2, -0.15) is 0 Å². The van der Waals surface area contributed by atoms with Crippen LogP contribution in [0.4, 0.5) is 5.69 Å². The quantitative estimate of drug-likeness (QED) is 0.606. The summed E-state index contributed by atoms with van der Waals surface area (Å²) in [6.45, 7) is 0. The molecule has 0 saturated carbocycles. The molecule has 0 bridgehead atoms. The standard InChI is InChI=1S/C9H8N2O/c10-7-5-9(12)11-8-4-2-1-3-6(7)8/h1-5H,(H3,10,11,12). The average molecular weight is 160 g/mol. The van der Waals surface area contributed by atoms with Gasteiger partial charge in [-0.15, -0.1) is 0 Å². The maximum absolute atomic E-state index is 11.0. The summed E-state index contributed by atoms with van der Waals surface area (Å²) in [6, 6.07) is 8.84. The molecule has 1 heterocycles. The van der Waals surface area contributed by atoms with E-state index in [1.54, 1.807) is 0 Å². The fraction of sp³-hybridized carbons (Fsp3) is 0. The minimum Gasteiger partial charge on any atom is -0.398 e. The molecule has 60 valence electrons. The molecule has 0 atom stereocenters. The number of para-hydroxylation sites is 1. The predicted octanol–water partition coefficient (Wildman–Crippen LogP) is 1.11. The number of anilines is 1. The van der Waals surface area contributed by atoms with E-state index in [0.717, 1.165) is 10.9 Å². The maximum Gasteiger partial charge on any atom is 0.250 e. The van der Waals surface area contributed by atoms with Crippen molar-refractivity contribution in [2.24, 2.45) is 0 Å². The van der Waals surface area contributed by atoms with Crippen molar-refractivity contribution in [1.82, 2.24) is 4.98 Å². The normalized spacial score (nSPS) is 10.3. The summed E-state index contributed by atoms with van der Waals surface area (Å²) in [5.41, 5.74) is 6.78. The van der Waals surface area contributed by atoms with Crippen LogP contribution in [0, 0.1) is 0 Å². The first kappa shape index (κ1) is 6.91. The number of H-pyrrole nitrogens is 1. The molecule has 0 aliphatic rings. The van der Waals surface area contributed by atoms with E-state index in [0.29, 0.717) is 5.69 Å². The summed E-state index contributed by atoms with van der Waals surface area (Å²) in [6.07, 6.45) is 0. The van der Waals surface area contributed by atoms with Crippen LogP contribution in [-0.4, -0.2) is 4.98 Å². The summed E-state index contributed by atoms with van der Waals surface area (Å²) in [5.74, 6) is 0. The Hall–Kier alpha value is -1.77. The summed E-state index contributed by atoms with van der Waals surface area (Å²) in [4.78, 5) is 13.7. The molecule has 1 aromatic carbocycles. The average Bonchev–Trinajstić information content (AvgIpc) is 2.04. The zero-order valence-electron chi connectivity index (χ0n) is 6.37. The van der Waals surface area contributed by atoms with Crippen LogP contribution in [-0.2, 0) is 0 Å². The van der Waals surface area contributed by atoms with Crippen molar-refractivity contribution in [3.63, 3.8) is 0 Å². The Balaban J connectivity index is 2.99. The number of rotatable bonds is 0. The van der Waals surface area contributed by atoms with Crippen LogP contribution in [0.2, 0.25) is 0 Å². The largest absolute Gasteiger partial charge is 0.398 e. The number of aromatic nitrogens is 1. The van der Waals surface area contributed by atoms with E-state index in [2.05, 4.69) is 4.98 Å². The van der Waals surface area contributed by atoms with Crippen LogP contribution in [0.3, 0.4) is 0 Å². The van der Waals surface area contributed by atoms with Crippen molar-refractivity contribution in [2.75, 3.05) is 5.73 Å². The van der Waals surface area contributed by atoms with E-state index < -0.39 is 0 Å². The first-order valence-electron chi connectivity index (χ1n) is 3.65. The Kier molecular flexibility index (Phi) is 1.37. The monoisotopic (exact) mass is 160 g/mol. The van der Waals surface area contributed by atoms with Crippen LogP contribution in [0.1, 0.15) is 0 Å². The van der Waals surface area contributed by atoms with Gasteiger partial charge < -0.3 is 10.7 Å². The predicted molar refractivity (Wildman–Crippen MR) is 49.0 cm³/mol. The molecule has 3 N–H and O–H groups in total. The van der Waals surface area contributed by atoms with Crippen molar-refractivity contribution in [3.8, 4) is 0 Å². The van der Waals surface area contributed by atoms with Gasteiger partial charge in [0.25, 0.3) is 0 Å². The molecular formula is C9H8N2O. The van der Waals surface area contributed by atoms with E-state index in [9.17, 15) is 4.79 Å². The van der Waals surface area contributed by atoms with Crippen molar-refractivity contribution >= 4 is 16.6 Å². The number of aromatic amines is 1. The number of pyridine rings is 1. The SMILES string of the molecule is Nc1cc(=O)[nH]c2ccccc12. The molecule has 12 heavy (non-hydrogen) atoms. The number of nitrogens with one attached hydrogen (secondary N) is 1. The minimum atomic E-state index is -0.161. The summed E-state index contributed by atoms with van der Waals surface area (Å²) >= 11 is 0. The zero-order valence-corrected chi connectivity index (χ0v) is 6.37. The Bertz CT molecular complexity index is 473. The molecule has 0 aliphatic heterocycles. The van der Waals surface area contributed by atoms with Gasteiger partial charge in [0, 0.05) is 17.1 Å². The van der Waals surface area contributed by atoms with Crippen LogP contribution < -0.4 is 11.3 Å². The number of hydrogen-bond acceptors (Lipinski definition) is 2. The van der Waals surface area contributed by atoms with Crippen LogP contribution in [0.5, 0.6) is 0 Å². The molecule has 0 aliphatic carbocycles. The number of nitrogens with two attached hydrogens (primary N) is 1. The van der Waals surface area contributed by atoms with Gasteiger partial charge in [0.05, 0.1) is 5.52 Å². The van der Waals surface area contributed by atoms with Gasteiger partial charge in [-0.3, -0.25) is 4.79 Å². The number of fused-ring (bicyclic) bond motifs is 1. The number of hydrogen-bond donors (Lipinski definition) is 2. The highest BCUT2D eigenvalue weighted by atomic mass is 16.1. The van der Waals surface area contributed by atoms with E-state index in [1.165, 1.54) is 6.07 Å². The third kappa shape index (κ3) is 0.955. The molecule has 2 rings (SSSR count). The lowest BCUT2D eigenvalue weighted by atomic mass is 10.2. The van der Waals surface area contributed by atoms with E-state index in [1.807, 2.05) is 24.3 Å². The minimum absolute atomic E-state index is 0.161. The van der Waals surface area contributed by atoms with Crippen LogP contribution in [0.15, 0.2) is 35.1 Å². The molecule has 0 unspecified atom stereocenters. The maximum atomic E-state index is 11.0.